The van der Waals surface area contributed by atoms with Crippen LogP contribution in [0.15, 0.2) is 21.3 Å². The Morgan fingerprint density at radius 1 is 1.24 bits per heavy atom. The topological polar surface area (TPSA) is 71.7 Å². The average Bonchev–Trinajstić information content (AvgIpc) is 3.34. The van der Waals surface area contributed by atoms with Crippen LogP contribution in [0, 0.1) is 5.92 Å². The van der Waals surface area contributed by atoms with Crippen LogP contribution < -0.4 is 0 Å². The van der Waals surface area contributed by atoms with Crippen molar-refractivity contribution in [3.05, 3.63) is 22.7 Å². The summed E-state index contributed by atoms with van der Waals surface area (Å²) in [5, 5.41) is 8.06. The first-order valence-electron chi connectivity index (χ1n) is 8.73. The molecule has 0 bridgehead atoms. The minimum atomic E-state index is 0.143. The number of hydrogen-bond acceptors (Lipinski definition) is 7. The van der Waals surface area contributed by atoms with E-state index in [1.54, 1.807) is 11.3 Å². The lowest BCUT2D eigenvalue weighted by Crippen LogP contribution is -2.50. The Kier molecular flexibility index (Phi) is 5.09. The van der Waals surface area contributed by atoms with E-state index in [0.717, 1.165) is 44.6 Å². The van der Waals surface area contributed by atoms with Crippen molar-refractivity contribution in [1.82, 2.24) is 19.9 Å². The Morgan fingerprint density at radius 3 is 2.76 bits per heavy atom. The van der Waals surface area contributed by atoms with E-state index >= 15 is 0 Å². The Labute approximate surface area is 150 Å². The summed E-state index contributed by atoms with van der Waals surface area (Å²) in [6.07, 6.45) is 1.71. The highest BCUT2D eigenvalue weighted by atomic mass is 32.1. The van der Waals surface area contributed by atoms with Crippen molar-refractivity contribution in [3.8, 4) is 11.4 Å². The molecule has 4 rings (SSSR count). The summed E-state index contributed by atoms with van der Waals surface area (Å²) in [7, 11) is 0. The lowest BCUT2D eigenvalue weighted by molar-refractivity contribution is -0.140. The van der Waals surface area contributed by atoms with Crippen molar-refractivity contribution in [2.24, 2.45) is 5.92 Å². The average molecular weight is 362 g/mol. The van der Waals surface area contributed by atoms with Gasteiger partial charge in [0.1, 0.15) is 0 Å². The first kappa shape index (κ1) is 16.7. The molecule has 2 saturated heterocycles. The van der Waals surface area contributed by atoms with E-state index in [1.807, 2.05) is 21.7 Å². The van der Waals surface area contributed by atoms with Gasteiger partial charge in [0.25, 0.3) is 0 Å². The number of ether oxygens (including phenoxy) is 1. The molecule has 2 aliphatic rings. The molecule has 2 aliphatic heterocycles. The lowest BCUT2D eigenvalue weighted by Gasteiger charge is -2.36. The van der Waals surface area contributed by atoms with Crippen LogP contribution in [0.3, 0.4) is 0 Å². The fourth-order valence-corrected chi connectivity index (χ4v) is 3.98. The van der Waals surface area contributed by atoms with Crippen LogP contribution in [0.25, 0.3) is 11.4 Å². The molecule has 8 heteroatoms. The van der Waals surface area contributed by atoms with Gasteiger partial charge in [-0.2, -0.15) is 16.3 Å². The van der Waals surface area contributed by atoms with Gasteiger partial charge in [-0.1, -0.05) is 5.16 Å². The number of carbonyl (C=O) groups excluding carboxylic acids is 1. The largest absolute Gasteiger partial charge is 0.381 e. The number of aromatic nitrogens is 2. The number of carbonyl (C=O) groups is 1. The second-order valence-electron chi connectivity index (χ2n) is 6.51. The molecule has 0 spiro atoms. The first-order valence-corrected chi connectivity index (χ1v) is 9.68. The number of hydrogen-bond donors (Lipinski definition) is 0. The van der Waals surface area contributed by atoms with Gasteiger partial charge in [0.2, 0.25) is 17.6 Å². The van der Waals surface area contributed by atoms with Gasteiger partial charge in [-0.3, -0.25) is 9.69 Å². The van der Waals surface area contributed by atoms with Crippen molar-refractivity contribution in [2.75, 3.05) is 39.4 Å². The third-order valence-electron chi connectivity index (χ3n) is 4.86. The molecule has 0 saturated carbocycles. The maximum atomic E-state index is 12.6. The molecule has 0 atom stereocenters. The van der Waals surface area contributed by atoms with Crippen LogP contribution in [0.1, 0.15) is 18.7 Å². The maximum absolute atomic E-state index is 12.6. The number of rotatable bonds is 4. The molecule has 0 aromatic carbocycles. The van der Waals surface area contributed by atoms with E-state index in [9.17, 15) is 4.79 Å². The van der Waals surface area contributed by atoms with Gasteiger partial charge in [0, 0.05) is 56.3 Å². The third-order valence-corrected chi connectivity index (χ3v) is 5.54. The summed E-state index contributed by atoms with van der Waals surface area (Å²) < 4.78 is 10.7. The van der Waals surface area contributed by atoms with E-state index in [0.29, 0.717) is 37.4 Å². The summed E-state index contributed by atoms with van der Waals surface area (Å²) in [6, 6.07) is 1.99. The first-order chi connectivity index (χ1) is 12.3. The zero-order chi connectivity index (χ0) is 17.1. The molecular formula is C17H22N4O3S. The minimum Gasteiger partial charge on any atom is -0.381 e. The lowest BCUT2D eigenvalue weighted by atomic mass is 9.98. The Hall–Kier alpha value is -1.77. The van der Waals surface area contributed by atoms with E-state index in [-0.39, 0.29) is 5.92 Å². The molecule has 0 unspecified atom stereocenters. The predicted octanol–water partition coefficient (Wildman–Crippen LogP) is 1.87. The fourth-order valence-electron chi connectivity index (χ4n) is 3.35. The van der Waals surface area contributed by atoms with Gasteiger partial charge in [-0.15, -0.1) is 0 Å². The number of thiophene rings is 1. The molecule has 0 N–H and O–H groups in total. The molecule has 4 heterocycles. The fraction of sp³-hybridized carbons (Fsp3) is 0.588. The highest BCUT2D eigenvalue weighted by Gasteiger charge is 2.29. The van der Waals surface area contributed by atoms with Gasteiger partial charge < -0.3 is 14.2 Å². The molecule has 2 aromatic heterocycles. The third kappa shape index (κ3) is 3.91. The normalized spacial score (nSPS) is 20.1. The summed E-state index contributed by atoms with van der Waals surface area (Å²) in [5.41, 5.74) is 0.992. The van der Waals surface area contributed by atoms with Gasteiger partial charge >= 0.3 is 0 Å². The SMILES string of the molecule is O=C(C1CCOCC1)N1CCN(Cc2nc(-c3ccsc3)no2)CC1. The van der Waals surface area contributed by atoms with Crippen LogP contribution in [0.5, 0.6) is 0 Å². The number of piperazine rings is 1. The van der Waals surface area contributed by atoms with Crippen LogP contribution in [-0.4, -0.2) is 65.2 Å². The molecule has 0 aliphatic carbocycles. The minimum absolute atomic E-state index is 0.143. The molecule has 25 heavy (non-hydrogen) atoms. The summed E-state index contributed by atoms with van der Waals surface area (Å²) in [6.45, 7) is 5.26. The van der Waals surface area contributed by atoms with Crippen LogP contribution in [0.4, 0.5) is 0 Å². The predicted molar refractivity (Wildman–Crippen MR) is 93.0 cm³/mol. The summed E-state index contributed by atoms with van der Waals surface area (Å²) in [4.78, 5) is 21.3. The maximum Gasteiger partial charge on any atom is 0.241 e. The quantitative estimate of drug-likeness (QED) is 0.827. The highest BCUT2D eigenvalue weighted by Crippen LogP contribution is 2.21. The molecule has 134 valence electrons. The van der Waals surface area contributed by atoms with E-state index in [4.69, 9.17) is 9.26 Å². The zero-order valence-corrected chi connectivity index (χ0v) is 14.9. The van der Waals surface area contributed by atoms with Crippen molar-refractivity contribution in [3.63, 3.8) is 0 Å². The van der Waals surface area contributed by atoms with Crippen molar-refractivity contribution in [2.45, 2.75) is 19.4 Å². The molecule has 1 amide bonds. The highest BCUT2D eigenvalue weighted by molar-refractivity contribution is 7.08. The van der Waals surface area contributed by atoms with Gasteiger partial charge in [0.15, 0.2) is 0 Å². The Morgan fingerprint density at radius 2 is 2.04 bits per heavy atom. The van der Waals surface area contributed by atoms with Gasteiger partial charge in [0.05, 0.1) is 6.54 Å². The number of amides is 1. The second kappa shape index (κ2) is 7.63. The smallest absolute Gasteiger partial charge is 0.241 e. The number of nitrogens with zero attached hydrogens (tertiary/aromatic N) is 4. The van der Waals surface area contributed by atoms with E-state index in [2.05, 4.69) is 15.0 Å². The molecule has 0 radical (unpaired) electrons. The van der Waals surface area contributed by atoms with Crippen molar-refractivity contribution < 1.29 is 14.1 Å². The summed E-state index contributed by atoms with van der Waals surface area (Å²) in [5.74, 6) is 1.71. The van der Waals surface area contributed by atoms with Crippen molar-refractivity contribution in [1.29, 1.82) is 0 Å². The summed E-state index contributed by atoms with van der Waals surface area (Å²) >= 11 is 1.62. The van der Waals surface area contributed by atoms with Crippen LogP contribution in [-0.2, 0) is 16.1 Å². The van der Waals surface area contributed by atoms with E-state index in [1.165, 1.54) is 0 Å². The Balaban J connectivity index is 1.28. The second-order valence-corrected chi connectivity index (χ2v) is 7.29. The molecule has 7 nitrogen and oxygen atoms in total. The molecule has 2 fully saturated rings. The molecule has 2 aromatic rings. The van der Waals surface area contributed by atoms with Gasteiger partial charge in [-0.25, -0.2) is 0 Å². The zero-order valence-electron chi connectivity index (χ0n) is 14.1. The van der Waals surface area contributed by atoms with Crippen LogP contribution >= 0.6 is 11.3 Å². The van der Waals surface area contributed by atoms with E-state index < -0.39 is 0 Å². The molecular weight excluding hydrogens is 340 g/mol. The van der Waals surface area contributed by atoms with Crippen LogP contribution in [0.2, 0.25) is 0 Å². The standard InChI is InChI=1S/C17H22N4O3S/c22-17(13-1-8-23-9-2-13)21-6-4-20(5-7-21)11-15-18-16(19-24-15)14-3-10-25-12-14/h3,10,12-13H,1-2,4-9,11H2. The Bertz CT molecular complexity index is 689. The van der Waals surface area contributed by atoms with Gasteiger partial charge in [-0.05, 0) is 24.3 Å². The van der Waals surface area contributed by atoms with Crippen molar-refractivity contribution >= 4 is 17.2 Å². The monoisotopic (exact) mass is 362 g/mol.